The standard InChI is InChI=1S/C14H16N2O2S/c15-14(18)12-7-4-9-16(12)13(17)8-10-19-11-5-2-1-3-6-11/h1-3,5-6,8,10,12H,4,7,9H2,(H2,15,18)/b10-8+/t12-/m0/s1. The van der Waals surface area contributed by atoms with Crippen molar-refractivity contribution in [2.24, 2.45) is 5.73 Å². The van der Waals surface area contributed by atoms with Gasteiger partial charge in [0.05, 0.1) is 0 Å². The molecule has 0 aromatic heterocycles. The zero-order valence-corrected chi connectivity index (χ0v) is 11.3. The average Bonchev–Trinajstić information content (AvgIpc) is 2.89. The number of carbonyl (C=O) groups is 2. The molecular weight excluding hydrogens is 260 g/mol. The molecule has 0 spiro atoms. The molecule has 5 heteroatoms. The number of thioether (sulfide) groups is 1. The van der Waals surface area contributed by atoms with E-state index in [2.05, 4.69) is 0 Å². The summed E-state index contributed by atoms with van der Waals surface area (Å²) >= 11 is 1.47. The molecule has 1 aromatic carbocycles. The summed E-state index contributed by atoms with van der Waals surface area (Å²) in [5, 5.41) is 1.74. The summed E-state index contributed by atoms with van der Waals surface area (Å²) in [7, 11) is 0. The third-order valence-electron chi connectivity index (χ3n) is 3.02. The highest BCUT2D eigenvalue weighted by molar-refractivity contribution is 8.02. The van der Waals surface area contributed by atoms with Crippen LogP contribution in [0.2, 0.25) is 0 Å². The molecule has 2 N–H and O–H groups in total. The average molecular weight is 276 g/mol. The molecule has 1 aliphatic rings. The van der Waals surface area contributed by atoms with E-state index in [1.807, 2.05) is 30.3 Å². The van der Waals surface area contributed by atoms with Crippen molar-refractivity contribution >= 4 is 23.6 Å². The van der Waals surface area contributed by atoms with Crippen molar-refractivity contribution in [1.29, 1.82) is 0 Å². The lowest BCUT2D eigenvalue weighted by molar-refractivity contribution is -0.133. The minimum Gasteiger partial charge on any atom is -0.368 e. The maximum atomic E-state index is 12.0. The number of nitrogens with two attached hydrogens (primary N) is 1. The minimum absolute atomic E-state index is 0.148. The van der Waals surface area contributed by atoms with Crippen LogP contribution >= 0.6 is 11.8 Å². The number of hydrogen-bond acceptors (Lipinski definition) is 3. The Bertz CT molecular complexity index is 487. The van der Waals surface area contributed by atoms with Crippen molar-refractivity contribution in [3.8, 4) is 0 Å². The number of benzene rings is 1. The quantitative estimate of drug-likeness (QED) is 0.673. The minimum atomic E-state index is -0.445. The molecule has 0 bridgehead atoms. The topological polar surface area (TPSA) is 63.4 Å². The van der Waals surface area contributed by atoms with E-state index >= 15 is 0 Å². The van der Waals surface area contributed by atoms with Gasteiger partial charge in [-0.25, -0.2) is 0 Å². The first kappa shape index (κ1) is 13.7. The molecule has 100 valence electrons. The number of carbonyl (C=O) groups excluding carboxylic acids is 2. The van der Waals surface area contributed by atoms with Crippen molar-refractivity contribution in [2.75, 3.05) is 6.54 Å². The second kappa shape index (κ2) is 6.43. The van der Waals surface area contributed by atoms with Gasteiger partial charge in [0.1, 0.15) is 6.04 Å². The fraction of sp³-hybridized carbons (Fsp3) is 0.286. The van der Waals surface area contributed by atoms with Gasteiger partial charge in [0.2, 0.25) is 11.8 Å². The molecule has 0 radical (unpaired) electrons. The van der Waals surface area contributed by atoms with E-state index in [4.69, 9.17) is 5.73 Å². The van der Waals surface area contributed by atoms with E-state index in [9.17, 15) is 9.59 Å². The van der Waals surface area contributed by atoms with Crippen LogP contribution in [0, 0.1) is 0 Å². The Balaban J connectivity index is 1.92. The van der Waals surface area contributed by atoms with Crippen LogP contribution in [0.1, 0.15) is 12.8 Å². The summed E-state index contributed by atoms with van der Waals surface area (Å²) in [5.74, 6) is -0.570. The number of amides is 2. The van der Waals surface area contributed by atoms with Gasteiger partial charge in [-0.2, -0.15) is 0 Å². The predicted octanol–water partition coefficient (Wildman–Crippen LogP) is 1.77. The van der Waals surface area contributed by atoms with Crippen LogP contribution < -0.4 is 5.73 Å². The number of nitrogens with zero attached hydrogens (tertiary/aromatic N) is 1. The molecule has 1 aliphatic heterocycles. The Hall–Kier alpha value is -1.75. The van der Waals surface area contributed by atoms with Crippen LogP contribution in [-0.2, 0) is 9.59 Å². The Kier molecular flexibility index (Phi) is 4.63. The van der Waals surface area contributed by atoms with E-state index in [0.29, 0.717) is 13.0 Å². The maximum Gasteiger partial charge on any atom is 0.247 e. The number of likely N-dealkylation sites (tertiary alicyclic amines) is 1. The summed E-state index contributed by atoms with van der Waals surface area (Å²) < 4.78 is 0. The van der Waals surface area contributed by atoms with E-state index < -0.39 is 11.9 Å². The Labute approximate surface area is 116 Å². The molecule has 1 saturated heterocycles. The van der Waals surface area contributed by atoms with Gasteiger partial charge in [0, 0.05) is 17.5 Å². The van der Waals surface area contributed by atoms with Gasteiger partial charge in [-0.3, -0.25) is 9.59 Å². The normalized spacial score (nSPS) is 18.9. The van der Waals surface area contributed by atoms with Gasteiger partial charge in [-0.05, 0) is 30.4 Å². The van der Waals surface area contributed by atoms with Crippen molar-refractivity contribution in [3.63, 3.8) is 0 Å². The lowest BCUT2D eigenvalue weighted by atomic mass is 10.2. The van der Waals surface area contributed by atoms with Gasteiger partial charge in [-0.15, -0.1) is 0 Å². The van der Waals surface area contributed by atoms with Crippen LogP contribution in [-0.4, -0.2) is 29.3 Å². The molecule has 1 aromatic rings. The summed E-state index contributed by atoms with van der Waals surface area (Å²) in [6, 6.07) is 9.34. The first-order chi connectivity index (χ1) is 9.18. The lowest BCUT2D eigenvalue weighted by Gasteiger charge is -2.20. The van der Waals surface area contributed by atoms with E-state index in [1.165, 1.54) is 17.8 Å². The monoisotopic (exact) mass is 276 g/mol. The smallest absolute Gasteiger partial charge is 0.247 e. The number of primary amides is 1. The summed E-state index contributed by atoms with van der Waals surface area (Å²) in [6.45, 7) is 0.604. The van der Waals surface area contributed by atoms with Crippen molar-refractivity contribution in [2.45, 2.75) is 23.8 Å². The highest BCUT2D eigenvalue weighted by Crippen LogP contribution is 2.20. The van der Waals surface area contributed by atoms with E-state index in [-0.39, 0.29) is 5.91 Å². The van der Waals surface area contributed by atoms with Gasteiger partial charge < -0.3 is 10.6 Å². The molecule has 1 fully saturated rings. The lowest BCUT2D eigenvalue weighted by Crippen LogP contribution is -2.42. The Morgan fingerprint density at radius 2 is 2.05 bits per heavy atom. The Morgan fingerprint density at radius 3 is 2.74 bits per heavy atom. The molecule has 2 amide bonds. The van der Waals surface area contributed by atoms with Crippen molar-refractivity contribution < 1.29 is 9.59 Å². The summed E-state index contributed by atoms with van der Waals surface area (Å²) in [5.41, 5.74) is 5.28. The van der Waals surface area contributed by atoms with E-state index in [0.717, 1.165) is 11.3 Å². The summed E-state index contributed by atoms with van der Waals surface area (Å²) in [6.07, 6.45) is 3.00. The molecule has 19 heavy (non-hydrogen) atoms. The third kappa shape index (κ3) is 3.61. The zero-order valence-electron chi connectivity index (χ0n) is 10.5. The highest BCUT2D eigenvalue weighted by Gasteiger charge is 2.31. The summed E-state index contributed by atoms with van der Waals surface area (Å²) in [4.78, 5) is 25.8. The predicted molar refractivity (Wildman–Crippen MR) is 75.4 cm³/mol. The zero-order chi connectivity index (χ0) is 13.7. The molecule has 0 aliphatic carbocycles. The van der Waals surface area contributed by atoms with Gasteiger partial charge in [-0.1, -0.05) is 30.0 Å². The number of rotatable bonds is 4. The largest absolute Gasteiger partial charge is 0.368 e. The fourth-order valence-electron chi connectivity index (χ4n) is 2.09. The molecule has 1 heterocycles. The number of hydrogen-bond donors (Lipinski definition) is 1. The van der Waals surface area contributed by atoms with Crippen LogP contribution in [0.15, 0.2) is 46.7 Å². The molecule has 4 nitrogen and oxygen atoms in total. The molecule has 1 atom stereocenters. The van der Waals surface area contributed by atoms with Gasteiger partial charge >= 0.3 is 0 Å². The first-order valence-electron chi connectivity index (χ1n) is 6.16. The SMILES string of the molecule is NC(=O)[C@@H]1CCCN1C(=O)/C=C/Sc1ccccc1. The van der Waals surface area contributed by atoms with Crippen LogP contribution in [0.5, 0.6) is 0 Å². The third-order valence-corrected chi connectivity index (χ3v) is 3.84. The van der Waals surface area contributed by atoms with Crippen molar-refractivity contribution in [1.82, 2.24) is 4.90 Å². The molecular formula is C14H16N2O2S. The molecule has 2 rings (SSSR count). The van der Waals surface area contributed by atoms with Crippen molar-refractivity contribution in [3.05, 3.63) is 41.8 Å². The van der Waals surface area contributed by atoms with Gasteiger partial charge in [0.15, 0.2) is 0 Å². The van der Waals surface area contributed by atoms with Crippen LogP contribution in [0.25, 0.3) is 0 Å². The highest BCUT2D eigenvalue weighted by atomic mass is 32.2. The molecule has 0 unspecified atom stereocenters. The van der Waals surface area contributed by atoms with Crippen LogP contribution in [0.3, 0.4) is 0 Å². The fourth-order valence-corrected chi connectivity index (χ4v) is 2.75. The van der Waals surface area contributed by atoms with Gasteiger partial charge in [0.25, 0.3) is 0 Å². The first-order valence-corrected chi connectivity index (χ1v) is 7.04. The van der Waals surface area contributed by atoms with Crippen LogP contribution in [0.4, 0.5) is 0 Å². The second-order valence-electron chi connectivity index (χ2n) is 4.33. The van der Waals surface area contributed by atoms with E-state index in [1.54, 1.807) is 10.3 Å². The second-order valence-corrected chi connectivity index (χ2v) is 5.30. The maximum absolute atomic E-state index is 12.0. The Morgan fingerprint density at radius 1 is 1.32 bits per heavy atom. The molecule has 0 saturated carbocycles.